The van der Waals surface area contributed by atoms with E-state index in [9.17, 15) is 18.4 Å². The van der Waals surface area contributed by atoms with E-state index >= 15 is 0 Å². The van der Waals surface area contributed by atoms with Crippen molar-refractivity contribution in [2.75, 3.05) is 0 Å². The van der Waals surface area contributed by atoms with Crippen molar-refractivity contribution in [3.63, 3.8) is 0 Å². The molecule has 19 heavy (non-hydrogen) atoms. The van der Waals surface area contributed by atoms with Gasteiger partial charge in [0.2, 0.25) is 5.78 Å². The van der Waals surface area contributed by atoms with Crippen LogP contribution in [0.2, 0.25) is 0 Å². The third-order valence-electron chi connectivity index (χ3n) is 2.56. The number of ketones is 1. The van der Waals surface area contributed by atoms with Crippen molar-refractivity contribution in [2.24, 2.45) is 0 Å². The van der Waals surface area contributed by atoms with E-state index < -0.39 is 23.7 Å². The Bertz CT molecular complexity index is 623. The largest absolute Gasteiger partial charge is 0.479 e. The van der Waals surface area contributed by atoms with E-state index in [0.29, 0.717) is 0 Å². The number of nitrogens with zero attached hydrogens (tertiary/aromatic N) is 1. The van der Waals surface area contributed by atoms with Gasteiger partial charge in [-0.1, -0.05) is 0 Å². The summed E-state index contributed by atoms with van der Waals surface area (Å²) in [5.74, 6) is -3.90. The highest BCUT2D eigenvalue weighted by Crippen LogP contribution is 2.17. The van der Waals surface area contributed by atoms with Gasteiger partial charge in [0.15, 0.2) is 0 Å². The lowest BCUT2D eigenvalue weighted by Crippen LogP contribution is -2.25. The van der Waals surface area contributed by atoms with Gasteiger partial charge in [0.1, 0.15) is 5.82 Å². The van der Waals surface area contributed by atoms with Crippen molar-refractivity contribution in [1.29, 1.82) is 0 Å². The van der Waals surface area contributed by atoms with Gasteiger partial charge in [-0.15, -0.1) is 0 Å². The van der Waals surface area contributed by atoms with Crippen LogP contribution < -0.4 is 0 Å². The quantitative estimate of drug-likeness (QED) is 0.681. The Morgan fingerprint density at radius 3 is 2.37 bits per heavy atom. The molecule has 4 nitrogen and oxygen atoms in total. The molecule has 0 aliphatic heterocycles. The molecule has 2 rings (SSSR count). The number of carbonyl (C=O) groups excluding carboxylic acids is 1. The number of aliphatic carboxylic acids is 1. The van der Waals surface area contributed by atoms with Crippen LogP contribution in [0.15, 0.2) is 42.7 Å². The van der Waals surface area contributed by atoms with Gasteiger partial charge in [0.05, 0.1) is 5.69 Å². The molecule has 0 saturated carbocycles. The van der Waals surface area contributed by atoms with E-state index in [2.05, 4.69) is 0 Å². The average Bonchev–Trinajstić information content (AvgIpc) is 2.90. The minimum Gasteiger partial charge on any atom is -0.479 e. The Kier molecular flexibility index (Phi) is 3.41. The first kappa shape index (κ1) is 12.9. The number of rotatable bonds is 4. The molecule has 1 aromatic heterocycles. The molecule has 1 N–H and O–H groups in total. The van der Waals surface area contributed by atoms with Crippen LogP contribution in [0.4, 0.5) is 8.78 Å². The van der Waals surface area contributed by atoms with E-state index in [1.54, 1.807) is 24.5 Å². The molecule has 0 fully saturated rings. The highest BCUT2D eigenvalue weighted by molar-refractivity contribution is 6.10. The Hall–Kier alpha value is -2.50. The van der Waals surface area contributed by atoms with Crippen LogP contribution >= 0.6 is 0 Å². The van der Waals surface area contributed by atoms with E-state index in [1.165, 1.54) is 16.7 Å². The average molecular weight is 265 g/mol. The molecule has 2 aromatic rings. The summed E-state index contributed by atoms with van der Waals surface area (Å²) >= 11 is 0. The lowest BCUT2D eigenvalue weighted by molar-refractivity contribution is -0.140. The first-order chi connectivity index (χ1) is 9.00. The van der Waals surface area contributed by atoms with Crippen LogP contribution in [-0.2, 0) is 4.79 Å². The van der Waals surface area contributed by atoms with E-state index in [0.717, 1.165) is 6.07 Å². The van der Waals surface area contributed by atoms with Crippen LogP contribution in [0.1, 0.15) is 10.4 Å². The van der Waals surface area contributed by atoms with Crippen LogP contribution in [0, 0.1) is 5.82 Å². The highest BCUT2D eigenvalue weighted by atomic mass is 19.1. The second-order valence-corrected chi connectivity index (χ2v) is 3.82. The van der Waals surface area contributed by atoms with Crippen molar-refractivity contribution >= 4 is 11.8 Å². The smallest absolute Gasteiger partial charge is 0.346 e. The molecule has 0 amide bonds. The lowest BCUT2D eigenvalue weighted by atomic mass is 10.1. The second-order valence-electron chi connectivity index (χ2n) is 3.82. The number of hydrogen-bond acceptors (Lipinski definition) is 2. The summed E-state index contributed by atoms with van der Waals surface area (Å²) in [5.41, 5.74) is -0.129. The Labute approximate surface area is 106 Å². The number of alkyl halides is 1. The molecule has 1 atom stereocenters. The number of Topliss-reactive ketones (excluding diaryl/α,β-unsaturated/α-hetero) is 1. The summed E-state index contributed by atoms with van der Waals surface area (Å²) in [6.45, 7) is 0. The van der Waals surface area contributed by atoms with Gasteiger partial charge in [-0.05, 0) is 30.3 Å². The standard InChI is InChI=1S/C13H9F2NO3/c14-9-7-8(12(17)11(15)13(18)19)3-4-10(9)16-5-1-2-6-16/h1-7,11H,(H,18,19). The fourth-order valence-electron chi connectivity index (χ4n) is 1.62. The minimum atomic E-state index is -2.68. The van der Waals surface area contributed by atoms with Crippen molar-refractivity contribution < 1.29 is 23.5 Å². The van der Waals surface area contributed by atoms with E-state index in [-0.39, 0.29) is 11.3 Å². The normalized spacial score (nSPS) is 12.1. The van der Waals surface area contributed by atoms with Gasteiger partial charge < -0.3 is 9.67 Å². The molecular formula is C13H9F2NO3. The van der Waals surface area contributed by atoms with Crippen molar-refractivity contribution in [3.8, 4) is 5.69 Å². The summed E-state index contributed by atoms with van der Waals surface area (Å²) in [7, 11) is 0. The number of hydrogen-bond donors (Lipinski definition) is 1. The molecule has 1 aromatic carbocycles. The maximum absolute atomic E-state index is 13.8. The Morgan fingerprint density at radius 2 is 1.84 bits per heavy atom. The van der Waals surface area contributed by atoms with E-state index in [4.69, 9.17) is 5.11 Å². The lowest BCUT2D eigenvalue weighted by Gasteiger charge is -2.07. The maximum Gasteiger partial charge on any atom is 0.346 e. The molecular weight excluding hydrogens is 256 g/mol. The Morgan fingerprint density at radius 1 is 1.21 bits per heavy atom. The summed E-state index contributed by atoms with van der Waals surface area (Å²) in [6.07, 6.45) is 0.529. The SMILES string of the molecule is O=C(O)C(F)C(=O)c1ccc(-n2cccc2)c(F)c1. The van der Waals surface area contributed by atoms with Crippen molar-refractivity contribution in [1.82, 2.24) is 4.57 Å². The van der Waals surface area contributed by atoms with Gasteiger partial charge in [0.25, 0.3) is 6.17 Å². The van der Waals surface area contributed by atoms with Crippen LogP contribution in [-0.4, -0.2) is 27.6 Å². The summed E-state index contributed by atoms with van der Waals surface area (Å²) < 4.78 is 28.3. The van der Waals surface area contributed by atoms with Crippen LogP contribution in [0.5, 0.6) is 0 Å². The second kappa shape index (κ2) is 5.01. The van der Waals surface area contributed by atoms with Gasteiger partial charge in [-0.25, -0.2) is 13.6 Å². The third-order valence-corrected chi connectivity index (χ3v) is 2.56. The van der Waals surface area contributed by atoms with Crippen molar-refractivity contribution in [2.45, 2.75) is 6.17 Å². The molecule has 98 valence electrons. The molecule has 6 heteroatoms. The summed E-state index contributed by atoms with van der Waals surface area (Å²) in [4.78, 5) is 21.8. The van der Waals surface area contributed by atoms with Gasteiger partial charge in [-0.3, -0.25) is 4.79 Å². The zero-order valence-corrected chi connectivity index (χ0v) is 9.59. The number of halogens is 2. The van der Waals surface area contributed by atoms with Gasteiger partial charge >= 0.3 is 5.97 Å². The fourth-order valence-corrected chi connectivity index (χ4v) is 1.62. The topological polar surface area (TPSA) is 59.3 Å². The molecule has 1 heterocycles. The molecule has 0 aliphatic carbocycles. The zero-order valence-electron chi connectivity index (χ0n) is 9.59. The molecule has 0 spiro atoms. The molecule has 1 unspecified atom stereocenters. The van der Waals surface area contributed by atoms with Gasteiger partial charge in [-0.2, -0.15) is 0 Å². The number of carboxylic acids is 1. The maximum atomic E-state index is 13.8. The molecule has 0 bridgehead atoms. The first-order valence-electron chi connectivity index (χ1n) is 5.34. The monoisotopic (exact) mass is 265 g/mol. The molecule has 0 saturated heterocycles. The van der Waals surface area contributed by atoms with Crippen LogP contribution in [0.25, 0.3) is 5.69 Å². The Balaban J connectivity index is 2.34. The zero-order chi connectivity index (χ0) is 14.0. The van der Waals surface area contributed by atoms with Crippen molar-refractivity contribution in [3.05, 3.63) is 54.1 Å². The summed E-state index contributed by atoms with van der Waals surface area (Å²) in [6, 6.07) is 6.70. The van der Waals surface area contributed by atoms with Gasteiger partial charge in [0, 0.05) is 18.0 Å². The predicted octanol–water partition coefficient (Wildman–Crippen LogP) is 2.22. The number of carbonyl (C=O) groups is 2. The third kappa shape index (κ3) is 2.52. The number of aromatic nitrogens is 1. The number of carboxylic acid groups (broad SMARTS) is 1. The first-order valence-corrected chi connectivity index (χ1v) is 5.34. The number of benzene rings is 1. The molecule has 0 radical (unpaired) electrons. The predicted molar refractivity (Wildman–Crippen MR) is 62.6 cm³/mol. The highest BCUT2D eigenvalue weighted by Gasteiger charge is 2.27. The molecule has 0 aliphatic rings. The van der Waals surface area contributed by atoms with E-state index in [1.807, 2.05) is 0 Å². The van der Waals surface area contributed by atoms with Crippen LogP contribution in [0.3, 0.4) is 0 Å². The summed E-state index contributed by atoms with van der Waals surface area (Å²) in [5, 5.41) is 8.39. The fraction of sp³-hybridized carbons (Fsp3) is 0.0769. The minimum absolute atomic E-state index is 0.187.